The number of benzene rings is 1. The molecule has 2 aliphatic heterocycles. The number of fused-ring (bicyclic) bond motifs is 1. The molecule has 24 heavy (non-hydrogen) atoms. The van der Waals surface area contributed by atoms with Crippen molar-refractivity contribution in [2.45, 2.75) is 38.1 Å². The van der Waals surface area contributed by atoms with Gasteiger partial charge in [-0.15, -0.1) is 0 Å². The van der Waals surface area contributed by atoms with Gasteiger partial charge in [0.1, 0.15) is 13.2 Å². The molecule has 6 heteroatoms. The van der Waals surface area contributed by atoms with Crippen LogP contribution < -0.4 is 20.1 Å². The zero-order valence-electron chi connectivity index (χ0n) is 14.0. The quantitative estimate of drug-likeness (QED) is 0.783. The lowest BCUT2D eigenvalue weighted by molar-refractivity contribution is 0.0801. The van der Waals surface area contributed by atoms with Crippen LogP contribution in [0.5, 0.6) is 11.5 Å². The Morgan fingerprint density at radius 2 is 1.83 bits per heavy atom. The maximum Gasteiger partial charge on any atom is 0.315 e. The smallest absolute Gasteiger partial charge is 0.315 e. The van der Waals surface area contributed by atoms with Gasteiger partial charge >= 0.3 is 6.03 Å². The highest BCUT2D eigenvalue weighted by Crippen LogP contribution is 2.31. The van der Waals surface area contributed by atoms with Crippen LogP contribution in [0.3, 0.4) is 0 Å². The van der Waals surface area contributed by atoms with Crippen LogP contribution in [0.25, 0.3) is 0 Å². The summed E-state index contributed by atoms with van der Waals surface area (Å²) in [7, 11) is 0. The SMILES string of the molecule is O=C(NCCCCc1ccc2c(c1)OCCO2)NC1CCOCC1. The summed E-state index contributed by atoms with van der Waals surface area (Å²) in [6, 6.07) is 6.29. The van der Waals surface area contributed by atoms with Crippen LogP contribution in [0.15, 0.2) is 18.2 Å². The molecule has 0 atom stereocenters. The Morgan fingerprint density at radius 1 is 1.04 bits per heavy atom. The van der Waals surface area contributed by atoms with Gasteiger partial charge in [-0.1, -0.05) is 6.07 Å². The summed E-state index contributed by atoms with van der Waals surface area (Å²) >= 11 is 0. The van der Waals surface area contributed by atoms with Crippen LogP contribution in [0, 0.1) is 0 Å². The van der Waals surface area contributed by atoms with Crippen molar-refractivity contribution >= 4 is 6.03 Å². The lowest BCUT2D eigenvalue weighted by Crippen LogP contribution is -2.44. The molecular weight excluding hydrogens is 308 g/mol. The number of rotatable bonds is 6. The van der Waals surface area contributed by atoms with Gasteiger partial charge in [-0.2, -0.15) is 0 Å². The number of hydrogen-bond donors (Lipinski definition) is 2. The fourth-order valence-electron chi connectivity index (χ4n) is 2.98. The number of nitrogens with one attached hydrogen (secondary N) is 2. The van der Waals surface area contributed by atoms with Gasteiger partial charge < -0.3 is 24.8 Å². The Bertz CT molecular complexity index is 544. The Morgan fingerprint density at radius 3 is 2.67 bits per heavy atom. The number of amides is 2. The van der Waals surface area contributed by atoms with Crippen molar-refractivity contribution in [1.82, 2.24) is 10.6 Å². The number of carbonyl (C=O) groups excluding carboxylic acids is 1. The fourth-order valence-corrected chi connectivity index (χ4v) is 2.98. The minimum absolute atomic E-state index is 0.0683. The van der Waals surface area contributed by atoms with E-state index in [2.05, 4.69) is 22.8 Å². The Balaban J connectivity index is 1.30. The second kappa shape index (κ2) is 8.78. The lowest BCUT2D eigenvalue weighted by Gasteiger charge is -2.23. The number of unbranched alkanes of at least 4 members (excludes halogenated alkanes) is 1. The molecule has 0 bridgehead atoms. The molecule has 0 aliphatic carbocycles. The van der Waals surface area contributed by atoms with Gasteiger partial charge in [0, 0.05) is 25.8 Å². The summed E-state index contributed by atoms with van der Waals surface area (Å²) < 4.78 is 16.4. The topological polar surface area (TPSA) is 68.8 Å². The van der Waals surface area contributed by atoms with E-state index in [-0.39, 0.29) is 12.1 Å². The third-order valence-corrected chi connectivity index (χ3v) is 4.34. The van der Waals surface area contributed by atoms with Gasteiger partial charge in [0.15, 0.2) is 11.5 Å². The normalized spacial score (nSPS) is 17.3. The molecule has 1 aromatic carbocycles. The second-order valence-corrected chi connectivity index (χ2v) is 6.22. The van der Waals surface area contributed by atoms with Crippen LogP contribution in [-0.2, 0) is 11.2 Å². The minimum atomic E-state index is -0.0683. The molecule has 2 amide bonds. The van der Waals surface area contributed by atoms with Crippen molar-refractivity contribution in [3.05, 3.63) is 23.8 Å². The number of hydrogen-bond acceptors (Lipinski definition) is 4. The molecular formula is C18H26N2O4. The minimum Gasteiger partial charge on any atom is -0.486 e. The lowest BCUT2D eigenvalue weighted by atomic mass is 10.1. The molecule has 1 aromatic rings. The van der Waals surface area contributed by atoms with E-state index in [9.17, 15) is 4.79 Å². The van der Waals surface area contributed by atoms with Crippen molar-refractivity contribution in [1.29, 1.82) is 0 Å². The van der Waals surface area contributed by atoms with Gasteiger partial charge in [0.05, 0.1) is 0 Å². The molecule has 0 saturated carbocycles. The van der Waals surface area contributed by atoms with Gasteiger partial charge in [-0.05, 0) is 49.8 Å². The highest BCUT2D eigenvalue weighted by molar-refractivity contribution is 5.74. The number of urea groups is 1. The first-order valence-electron chi connectivity index (χ1n) is 8.82. The number of ether oxygens (including phenoxy) is 3. The number of carbonyl (C=O) groups is 1. The van der Waals surface area contributed by atoms with E-state index in [1.165, 1.54) is 5.56 Å². The van der Waals surface area contributed by atoms with Crippen molar-refractivity contribution in [3.8, 4) is 11.5 Å². The third-order valence-electron chi connectivity index (χ3n) is 4.34. The molecule has 6 nitrogen and oxygen atoms in total. The predicted molar refractivity (Wildman–Crippen MR) is 90.7 cm³/mol. The zero-order valence-corrected chi connectivity index (χ0v) is 14.0. The van der Waals surface area contributed by atoms with Crippen molar-refractivity contribution in [2.75, 3.05) is 33.0 Å². The summed E-state index contributed by atoms with van der Waals surface area (Å²) in [5.74, 6) is 1.67. The molecule has 0 aromatic heterocycles. The standard InChI is InChI=1S/C18H26N2O4/c21-18(20-15-6-9-22-10-7-15)19-8-2-1-3-14-4-5-16-17(13-14)24-12-11-23-16/h4-5,13,15H,1-3,6-12H2,(H2,19,20,21). The van der Waals surface area contributed by atoms with Crippen LogP contribution in [0.1, 0.15) is 31.2 Å². The van der Waals surface area contributed by atoms with Gasteiger partial charge in [0.2, 0.25) is 0 Å². The fraction of sp³-hybridized carbons (Fsp3) is 0.611. The molecule has 132 valence electrons. The summed E-state index contributed by atoms with van der Waals surface area (Å²) in [5, 5.41) is 5.93. The van der Waals surface area contributed by atoms with Crippen LogP contribution in [-0.4, -0.2) is 45.0 Å². The van der Waals surface area contributed by atoms with Gasteiger partial charge in [0.25, 0.3) is 0 Å². The average molecular weight is 334 g/mol. The summed E-state index contributed by atoms with van der Waals surface area (Å²) in [6.07, 6.45) is 4.75. The summed E-state index contributed by atoms with van der Waals surface area (Å²) in [5.41, 5.74) is 1.24. The molecule has 0 unspecified atom stereocenters. The molecule has 2 heterocycles. The van der Waals surface area contributed by atoms with Crippen molar-refractivity contribution in [3.63, 3.8) is 0 Å². The zero-order chi connectivity index (χ0) is 16.6. The largest absolute Gasteiger partial charge is 0.486 e. The Labute approximate surface area is 142 Å². The highest BCUT2D eigenvalue weighted by Gasteiger charge is 2.15. The Kier molecular flexibility index (Phi) is 6.18. The predicted octanol–water partition coefficient (Wildman–Crippen LogP) is 2.26. The molecule has 3 rings (SSSR count). The van der Waals surface area contributed by atoms with Crippen LogP contribution >= 0.6 is 0 Å². The number of aryl methyl sites for hydroxylation is 1. The van der Waals surface area contributed by atoms with E-state index >= 15 is 0 Å². The summed E-state index contributed by atoms with van der Waals surface area (Å²) in [4.78, 5) is 11.8. The monoisotopic (exact) mass is 334 g/mol. The first-order chi connectivity index (χ1) is 11.8. The molecule has 2 N–H and O–H groups in total. The van der Waals surface area contributed by atoms with E-state index in [0.717, 1.165) is 56.8 Å². The molecule has 0 spiro atoms. The first-order valence-corrected chi connectivity index (χ1v) is 8.82. The maximum atomic E-state index is 11.8. The van der Waals surface area contributed by atoms with E-state index in [1.54, 1.807) is 0 Å². The summed E-state index contributed by atoms with van der Waals surface area (Å²) in [6.45, 7) is 3.40. The highest BCUT2D eigenvalue weighted by atomic mass is 16.6. The van der Waals surface area contributed by atoms with E-state index in [0.29, 0.717) is 19.8 Å². The van der Waals surface area contributed by atoms with E-state index < -0.39 is 0 Å². The molecule has 0 radical (unpaired) electrons. The van der Waals surface area contributed by atoms with E-state index in [1.807, 2.05) is 6.07 Å². The van der Waals surface area contributed by atoms with E-state index in [4.69, 9.17) is 14.2 Å². The van der Waals surface area contributed by atoms with Crippen molar-refractivity contribution in [2.24, 2.45) is 0 Å². The second-order valence-electron chi connectivity index (χ2n) is 6.22. The van der Waals surface area contributed by atoms with Gasteiger partial charge in [-0.3, -0.25) is 0 Å². The Hall–Kier alpha value is -1.95. The van der Waals surface area contributed by atoms with Gasteiger partial charge in [-0.25, -0.2) is 4.79 Å². The van der Waals surface area contributed by atoms with Crippen LogP contribution in [0.2, 0.25) is 0 Å². The first kappa shape index (κ1) is 16.9. The average Bonchev–Trinajstić information content (AvgIpc) is 2.62. The maximum absolute atomic E-state index is 11.8. The third kappa shape index (κ3) is 5.03. The molecule has 1 fully saturated rings. The molecule has 1 saturated heterocycles. The van der Waals surface area contributed by atoms with Crippen LogP contribution in [0.4, 0.5) is 4.79 Å². The van der Waals surface area contributed by atoms with Crippen molar-refractivity contribution < 1.29 is 19.0 Å². The molecule has 2 aliphatic rings.